The van der Waals surface area contributed by atoms with Gasteiger partial charge in [0, 0.05) is 6.54 Å². The molecule has 0 aromatic carbocycles. The molecule has 1 rings (SSSR count). The van der Waals surface area contributed by atoms with Crippen LogP contribution in [0.1, 0.15) is 19.8 Å². The van der Waals surface area contributed by atoms with Gasteiger partial charge in [-0.05, 0) is 38.8 Å². The molecular formula is C8H18N2O2S. The van der Waals surface area contributed by atoms with Crippen LogP contribution in [0.25, 0.3) is 0 Å². The second kappa shape index (κ2) is 4.93. The average Bonchev–Trinajstić information content (AvgIpc) is 2.17. The van der Waals surface area contributed by atoms with Crippen molar-refractivity contribution in [3.63, 3.8) is 0 Å². The largest absolute Gasteiger partial charge is 0.316 e. The van der Waals surface area contributed by atoms with Crippen molar-refractivity contribution in [2.45, 2.75) is 19.8 Å². The van der Waals surface area contributed by atoms with E-state index >= 15 is 0 Å². The van der Waals surface area contributed by atoms with Crippen LogP contribution in [-0.2, 0) is 10.0 Å². The number of hydrogen-bond donors (Lipinski definition) is 2. The summed E-state index contributed by atoms with van der Waals surface area (Å²) in [5.74, 6) is 0.641. The SMILES string of the molecule is CCS(=O)(=O)NCC1CCCNC1. The molecule has 1 saturated heterocycles. The minimum Gasteiger partial charge on any atom is -0.316 e. The van der Waals surface area contributed by atoms with Crippen LogP contribution < -0.4 is 10.0 Å². The van der Waals surface area contributed by atoms with Gasteiger partial charge in [-0.2, -0.15) is 0 Å². The maximum absolute atomic E-state index is 11.1. The Kier molecular flexibility index (Phi) is 4.15. The van der Waals surface area contributed by atoms with Gasteiger partial charge in [0.25, 0.3) is 0 Å². The summed E-state index contributed by atoms with van der Waals surface area (Å²) in [5.41, 5.74) is 0. The topological polar surface area (TPSA) is 58.2 Å². The Hall–Kier alpha value is -0.130. The molecule has 0 radical (unpaired) electrons. The van der Waals surface area contributed by atoms with Crippen LogP contribution in [0.3, 0.4) is 0 Å². The average molecular weight is 206 g/mol. The van der Waals surface area contributed by atoms with Gasteiger partial charge in [0.2, 0.25) is 10.0 Å². The first kappa shape index (κ1) is 10.9. The lowest BCUT2D eigenvalue weighted by molar-refractivity contribution is 0.376. The number of piperidine rings is 1. The Bertz CT molecular complexity index is 233. The van der Waals surface area contributed by atoms with Crippen molar-refractivity contribution in [3.8, 4) is 0 Å². The molecular weight excluding hydrogens is 188 g/mol. The number of rotatable bonds is 4. The first-order valence-corrected chi connectivity index (χ1v) is 6.47. The highest BCUT2D eigenvalue weighted by atomic mass is 32.2. The van der Waals surface area contributed by atoms with E-state index in [1.807, 2.05) is 0 Å². The first-order chi connectivity index (χ1) is 6.14. The molecule has 0 spiro atoms. The quantitative estimate of drug-likeness (QED) is 0.677. The predicted molar refractivity (Wildman–Crippen MR) is 53.1 cm³/mol. The van der Waals surface area contributed by atoms with Crippen LogP contribution in [0.4, 0.5) is 0 Å². The predicted octanol–water partition coefficient (Wildman–Crippen LogP) is -0.0747. The monoisotopic (exact) mass is 206 g/mol. The van der Waals surface area contributed by atoms with E-state index in [2.05, 4.69) is 10.0 Å². The normalized spacial score (nSPS) is 24.5. The molecule has 0 aliphatic carbocycles. The Morgan fingerprint density at radius 3 is 2.85 bits per heavy atom. The van der Waals surface area contributed by atoms with Crippen LogP contribution in [0.2, 0.25) is 0 Å². The Morgan fingerprint density at radius 1 is 1.54 bits per heavy atom. The van der Waals surface area contributed by atoms with E-state index in [9.17, 15) is 8.42 Å². The van der Waals surface area contributed by atoms with E-state index in [1.165, 1.54) is 0 Å². The lowest BCUT2D eigenvalue weighted by atomic mass is 10.0. The third-order valence-electron chi connectivity index (χ3n) is 2.37. The Labute approximate surface area is 80.1 Å². The van der Waals surface area contributed by atoms with Gasteiger partial charge in [-0.3, -0.25) is 0 Å². The first-order valence-electron chi connectivity index (χ1n) is 4.82. The molecule has 1 atom stereocenters. The zero-order valence-corrected chi connectivity index (χ0v) is 8.86. The van der Waals surface area contributed by atoms with E-state index in [4.69, 9.17) is 0 Å². The standard InChI is InChI=1S/C8H18N2O2S/c1-2-13(11,12)10-7-8-4-3-5-9-6-8/h8-10H,2-7H2,1H3. The fourth-order valence-electron chi connectivity index (χ4n) is 1.45. The third kappa shape index (κ3) is 4.06. The molecule has 1 aliphatic heterocycles. The minimum atomic E-state index is -3.00. The van der Waals surface area contributed by atoms with Gasteiger partial charge in [0.1, 0.15) is 0 Å². The summed E-state index contributed by atoms with van der Waals surface area (Å²) in [4.78, 5) is 0. The summed E-state index contributed by atoms with van der Waals surface area (Å²) in [5, 5.41) is 3.25. The van der Waals surface area contributed by atoms with E-state index in [0.717, 1.165) is 25.9 Å². The molecule has 1 unspecified atom stereocenters. The van der Waals surface area contributed by atoms with Gasteiger partial charge in [-0.1, -0.05) is 0 Å². The van der Waals surface area contributed by atoms with Crippen LogP contribution >= 0.6 is 0 Å². The van der Waals surface area contributed by atoms with Gasteiger partial charge >= 0.3 is 0 Å². The zero-order chi connectivity index (χ0) is 9.73. The molecule has 1 fully saturated rings. The highest BCUT2D eigenvalue weighted by molar-refractivity contribution is 7.89. The van der Waals surface area contributed by atoms with Crippen LogP contribution in [0, 0.1) is 5.92 Å². The highest BCUT2D eigenvalue weighted by Crippen LogP contribution is 2.08. The molecule has 1 heterocycles. The maximum Gasteiger partial charge on any atom is 0.211 e. The Balaban J connectivity index is 2.25. The summed E-state index contributed by atoms with van der Waals surface area (Å²) in [6.07, 6.45) is 2.28. The minimum absolute atomic E-state index is 0.174. The lowest BCUT2D eigenvalue weighted by Gasteiger charge is -2.22. The molecule has 0 aromatic heterocycles. The molecule has 0 saturated carbocycles. The van der Waals surface area contributed by atoms with Gasteiger partial charge in [0.15, 0.2) is 0 Å². The maximum atomic E-state index is 11.1. The van der Waals surface area contributed by atoms with Crippen molar-refractivity contribution in [2.24, 2.45) is 5.92 Å². The molecule has 78 valence electrons. The van der Waals surface area contributed by atoms with Gasteiger partial charge in [-0.25, -0.2) is 13.1 Å². The van der Waals surface area contributed by atoms with E-state index < -0.39 is 10.0 Å². The van der Waals surface area contributed by atoms with E-state index in [0.29, 0.717) is 12.5 Å². The molecule has 0 aromatic rings. The lowest BCUT2D eigenvalue weighted by Crippen LogP contribution is -2.38. The number of sulfonamides is 1. The number of nitrogens with one attached hydrogen (secondary N) is 2. The fraction of sp³-hybridized carbons (Fsp3) is 1.00. The molecule has 1 aliphatic rings. The van der Waals surface area contributed by atoms with Crippen molar-refractivity contribution in [1.29, 1.82) is 0 Å². The van der Waals surface area contributed by atoms with Crippen LogP contribution in [0.5, 0.6) is 0 Å². The Morgan fingerprint density at radius 2 is 2.31 bits per heavy atom. The summed E-state index contributed by atoms with van der Waals surface area (Å²) in [6.45, 7) is 4.24. The van der Waals surface area contributed by atoms with Crippen LogP contribution in [0.15, 0.2) is 0 Å². The zero-order valence-electron chi connectivity index (χ0n) is 8.04. The highest BCUT2D eigenvalue weighted by Gasteiger charge is 2.15. The van der Waals surface area contributed by atoms with Crippen molar-refractivity contribution >= 4 is 10.0 Å². The molecule has 13 heavy (non-hydrogen) atoms. The molecule has 0 bridgehead atoms. The summed E-state index contributed by atoms with van der Waals surface area (Å²) in [7, 11) is -3.00. The third-order valence-corrected chi connectivity index (χ3v) is 3.74. The second-order valence-electron chi connectivity index (χ2n) is 3.46. The molecule has 4 nitrogen and oxygen atoms in total. The molecule has 2 N–H and O–H groups in total. The van der Waals surface area contributed by atoms with E-state index in [1.54, 1.807) is 6.92 Å². The summed E-state index contributed by atoms with van der Waals surface area (Å²) in [6, 6.07) is 0. The van der Waals surface area contributed by atoms with Gasteiger partial charge in [0.05, 0.1) is 5.75 Å². The van der Waals surface area contributed by atoms with Gasteiger partial charge in [-0.15, -0.1) is 0 Å². The molecule has 5 heteroatoms. The van der Waals surface area contributed by atoms with Crippen LogP contribution in [-0.4, -0.2) is 33.8 Å². The number of hydrogen-bond acceptors (Lipinski definition) is 3. The van der Waals surface area contributed by atoms with Crippen molar-refractivity contribution in [1.82, 2.24) is 10.0 Å². The van der Waals surface area contributed by atoms with Gasteiger partial charge < -0.3 is 5.32 Å². The van der Waals surface area contributed by atoms with Crippen molar-refractivity contribution in [2.75, 3.05) is 25.4 Å². The van der Waals surface area contributed by atoms with Crippen molar-refractivity contribution < 1.29 is 8.42 Å². The summed E-state index contributed by atoms with van der Waals surface area (Å²) < 4.78 is 24.8. The fourth-order valence-corrected chi connectivity index (χ4v) is 2.14. The smallest absolute Gasteiger partial charge is 0.211 e. The second-order valence-corrected chi connectivity index (χ2v) is 5.56. The van der Waals surface area contributed by atoms with Crippen molar-refractivity contribution in [3.05, 3.63) is 0 Å². The van der Waals surface area contributed by atoms with E-state index in [-0.39, 0.29) is 5.75 Å². The summed E-state index contributed by atoms with van der Waals surface area (Å²) >= 11 is 0. The molecule has 0 amide bonds.